The SMILES string of the molecule is C=C(F)C(=O)N1CC2C[C@H]2[C@H]1CNc1nc(OCC23CCCN2CCC3)nc2c1CCN(c1cncc3c1CCCC3)C2. The second-order valence-corrected chi connectivity index (χ2v) is 13.6. The van der Waals surface area contributed by atoms with E-state index in [4.69, 9.17) is 14.7 Å². The number of piperidine rings is 1. The molecule has 2 aliphatic carbocycles. The van der Waals surface area contributed by atoms with Crippen LogP contribution in [0.1, 0.15) is 67.3 Å². The quantitative estimate of drug-likeness (QED) is 0.463. The first-order chi connectivity index (χ1) is 21.0. The van der Waals surface area contributed by atoms with Gasteiger partial charge < -0.3 is 19.9 Å². The second kappa shape index (κ2) is 10.7. The van der Waals surface area contributed by atoms with Crippen molar-refractivity contribution < 1.29 is 13.9 Å². The molecule has 3 atom stereocenters. The number of ether oxygens (including phenoxy) is 1. The van der Waals surface area contributed by atoms with Crippen molar-refractivity contribution in [1.82, 2.24) is 24.8 Å². The number of aromatic nitrogens is 3. The van der Waals surface area contributed by atoms with Gasteiger partial charge in [-0.25, -0.2) is 4.39 Å². The maximum atomic E-state index is 13.8. The molecule has 0 aromatic carbocycles. The highest BCUT2D eigenvalue weighted by Gasteiger charge is 2.54. The van der Waals surface area contributed by atoms with Crippen molar-refractivity contribution in [2.24, 2.45) is 11.8 Å². The molecule has 228 valence electrons. The van der Waals surface area contributed by atoms with Crippen LogP contribution in [-0.4, -0.2) is 81.6 Å². The predicted octanol–water partition coefficient (Wildman–Crippen LogP) is 4.06. The molecule has 2 aromatic heterocycles. The third-order valence-corrected chi connectivity index (χ3v) is 11.2. The number of aryl methyl sites for hydroxylation is 1. The van der Waals surface area contributed by atoms with Crippen LogP contribution in [0.15, 0.2) is 24.8 Å². The molecule has 6 aliphatic rings. The van der Waals surface area contributed by atoms with Crippen LogP contribution >= 0.6 is 0 Å². The summed E-state index contributed by atoms with van der Waals surface area (Å²) in [6.07, 6.45) is 15.4. The second-order valence-electron chi connectivity index (χ2n) is 13.6. The summed E-state index contributed by atoms with van der Waals surface area (Å²) in [4.78, 5) is 33.8. The molecule has 2 aromatic rings. The number of nitrogens with zero attached hydrogens (tertiary/aromatic N) is 6. The van der Waals surface area contributed by atoms with E-state index in [1.807, 2.05) is 12.4 Å². The first kappa shape index (κ1) is 27.3. The summed E-state index contributed by atoms with van der Waals surface area (Å²) >= 11 is 0. The molecule has 8 rings (SSSR count). The van der Waals surface area contributed by atoms with E-state index in [1.54, 1.807) is 4.90 Å². The number of anilines is 2. The van der Waals surface area contributed by atoms with Crippen LogP contribution in [0, 0.1) is 11.8 Å². The molecule has 1 unspecified atom stereocenters. The molecule has 0 bridgehead atoms. The van der Waals surface area contributed by atoms with E-state index in [0.29, 0.717) is 44.1 Å². The van der Waals surface area contributed by atoms with Crippen LogP contribution in [-0.2, 0) is 30.6 Å². The molecule has 0 radical (unpaired) electrons. The summed E-state index contributed by atoms with van der Waals surface area (Å²) in [5.41, 5.74) is 6.26. The maximum absolute atomic E-state index is 13.8. The Labute approximate surface area is 252 Å². The van der Waals surface area contributed by atoms with Gasteiger partial charge in [0.15, 0.2) is 5.83 Å². The van der Waals surface area contributed by atoms with Crippen molar-refractivity contribution in [2.45, 2.75) is 82.3 Å². The van der Waals surface area contributed by atoms with E-state index in [1.165, 1.54) is 42.5 Å². The Morgan fingerprint density at radius 3 is 2.74 bits per heavy atom. The van der Waals surface area contributed by atoms with E-state index in [9.17, 15) is 9.18 Å². The summed E-state index contributed by atoms with van der Waals surface area (Å²) in [6, 6.07) is 0.358. The van der Waals surface area contributed by atoms with Gasteiger partial charge in [-0.2, -0.15) is 9.97 Å². The number of rotatable bonds is 8. The van der Waals surface area contributed by atoms with Gasteiger partial charge in [0.2, 0.25) is 0 Å². The summed E-state index contributed by atoms with van der Waals surface area (Å²) in [5, 5.41) is 3.59. The molecule has 3 saturated heterocycles. The van der Waals surface area contributed by atoms with Crippen LogP contribution < -0.4 is 15.0 Å². The lowest BCUT2D eigenvalue weighted by molar-refractivity contribution is -0.129. The standard InChI is InChI=1S/C33H42FN7O2/c1-21(34)31(42)41-18-23-14-26(23)29(41)17-36-30-25-8-13-39(28-16-35-15-22-6-2-3-7-24(22)28)19-27(25)37-32(38-30)43-20-33-9-4-11-40(33)12-5-10-33/h15-16,23,26,29H,1-14,17-20H2,(H,36,37,38)/t23?,26-,29-/m1/s1. The normalized spacial score (nSPS) is 26.9. The number of carbonyl (C=O) groups excluding carboxylic acids is 1. The lowest BCUT2D eigenvalue weighted by atomic mass is 9.91. The molecule has 1 N–H and O–H groups in total. The highest BCUT2D eigenvalue weighted by Crippen LogP contribution is 2.50. The Morgan fingerprint density at radius 1 is 1.07 bits per heavy atom. The van der Waals surface area contributed by atoms with Crippen molar-refractivity contribution in [2.75, 3.05) is 49.5 Å². The maximum Gasteiger partial charge on any atom is 0.318 e. The molecule has 43 heavy (non-hydrogen) atoms. The molecule has 4 fully saturated rings. The van der Waals surface area contributed by atoms with Gasteiger partial charge in [0.25, 0.3) is 5.91 Å². The van der Waals surface area contributed by atoms with E-state index < -0.39 is 11.7 Å². The fourth-order valence-electron chi connectivity index (χ4n) is 8.82. The lowest BCUT2D eigenvalue weighted by Gasteiger charge is -2.34. The summed E-state index contributed by atoms with van der Waals surface area (Å²) < 4.78 is 20.3. The predicted molar refractivity (Wildman–Crippen MR) is 162 cm³/mol. The van der Waals surface area contributed by atoms with Crippen LogP contribution in [0.4, 0.5) is 15.9 Å². The Hall–Kier alpha value is -3.27. The fraction of sp³-hybridized carbons (Fsp3) is 0.636. The van der Waals surface area contributed by atoms with E-state index in [-0.39, 0.29) is 11.6 Å². The third-order valence-electron chi connectivity index (χ3n) is 11.2. The van der Waals surface area contributed by atoms with Crippen molar-refractivity contribution in [1.29, 1.82) is 0 Å². The highest BCUT2D eigenvalue weighted by atomic mass is 19.1. The van der Waals surface area contributed by atoms with Gasteiger partial charge in [-0.05, 0) is 100 Å². The highest BCUT2D eigenvalue weighted by molar-refractivity contribution is 5.91. The molecule has 10 heteroatoms. The van der Waals surface area contributed by atoms with Crippen LogP contribution in [0.25, 0.3) is 0 Å². The number of likely N-dealkylation sites (tertiary alicyclic amines) is 1. The minimum Gasteiger partial charge on any atom is -0.461 e. The Kier molecular flexibility index (Phi) is 6.80. The van der Waals surface area contributed by atoms with Crippen molar-refractivity contribution in [3.05, 3.63) is 47.2 Å². The van der Waals surface area contributed by atoms with Gasteiger partial charge in [-0.1, -0.05) is 6.58 Å². The molecule has 0 spiro atoms. The number of pyridine rings is 1. The van der Waals surface area contributed by atoms with Gasteiger partial charge in [0.1, 0.15) is 12.4 Å². The Bertz CT molecular complexity index is 1440. The Morgan fingerprint density at radius 2 is 1.91 bits per heavy atom. The van der Waals surface area contributed by atoms with Gasteiger partial charge in [-0.3, -0.25) is 14.7 Å². The largest absolute Gasteiger partial charge is 0.461 e. The molecule has 9 nitrogen and oxygen atoms in total. The number of amides is 1. The zero-order valence-electron chi connectivity index (χ0n) is 25.0. The van der Waals surface area contributed by atoms with E-state index >= 15 is 0 Å². The Balaban J connectivity index is 1.07. The number of carbonyl (C=O) groups is 1. The smallest absolute Gasteiger partial charge is 0.318 e. The molecule has 1 amide bonds. The zero-order chi connectivity index (χ0) is 29.1. The van der Waals surface area contributed by atoms with Gasteiger partial charge >= 0.3 is 6.01 Å². The van der Waals surface area contributed by atoms with Crippen LogP contribution in [0.5, 0.6) is 6.01 Å². The number of hydrogen-bond donors (Lipinski definition) is 1. The zero-order valence-corrected chi connectivity index (χ0v) is 25.0. The molecule has 1 saturated carbocycles. The monoisotopic (exact) mass is 587 g/mol. The summed E-state index contributed by atoms with van der Waals surface area (Å²) in [5.74, 6) is 0.195. The summed E-state index contributed by atoms with van der Waals surface area (Å²) in [6.45, 7) is 8.85. The van der Waals surface area contributed by atoms with Crippen molar-refractivity contribution >= 4 is 17.4 Å². The molecule has 6 heterocycles. The molecular weight excluding hydrogens is 545 g/mol. The van der Waals surface area contributed by atoms with Crippen molar-refractivity contribution in [3.63, 3.8) is 0 Å². The van der Waals surface area contributed by atoms with Crippen LogP contribution in [0.2, 0.25) is 0 Å². The van der Waals surface area contributed by atoms with Gasteiger partial charge in [-0.15, -0.1) is 0 Å². The number of fused-ring (bicyclic) bond motifs is 4. The topological polar surface area (TPSA) is 86.7 Å². The van der Waals surface area contributed by atoms with E-state index in [0.717, 1.165) is 75.2 Å². The van der Waals surface area contributed by atoms with Crippen molar-refractivity contribution in [3.8, 4) is 6.01 Å². The number of nitrogens with one attached hydrogen (secondary N) is 1. The van der Waals surface area contributed by atoms with Crippen LogP contribution in [0.3, 0.4) is 0 Å². The lowest BCUT2D eigenvalue weighted by Crippen LogP contribution is -2.44. The van der Waals surface area contributed by atoms with E-state index in [2.05, 4.69) is 26.7 Å². The average molecular weight is 588 g/mol. The average Bonchev–Trinajstić information content (AvgIpc) is 3.31. The fourth-order valence-corrected chi connectivity index (χ4v) is 8.82. The number of hydrogen-bond acceptors (Lipinski definition) is 8. The molecular formula is C33H42FN7O2. The van der Waals surface area contributed by atoms with Gasteiger partial charge in [0.05, 0.1) is 35.7 Å². The summed E-state index contributed by atoms with van der Waals surface area (Å²) in [7, 11) is 0. The molecule has 4 aliphatic heterocycles. The van der Waals surface area contributed by atoms with Gasteiger partial charge in [0, 0.05) is 31.4 Å². The number of halogens is 1. The first-order valence-electron chi connectivity index (χ1n) is 16.4. The third kappa shape index (κ3) is 4.86. The first-order valence-corrected chi connectivity index (χ1v) is 16.4. The minimum atomic E-state index is -0.883. The minimum absolute atomic E-state index is 0.0635.